The van der Waals surface area contributed by atoms with Crippen molar-refractivity contribution in [2.75, 3.05) is 46.2 Å². The van der Waals surface area contributed by atoms with E-state index in [1.165, 1.54) is 0 Å². The molecule has 224 valence electrons. The summed E-state index contributed by atoms with van der Waals surface area (Å²) in [5.74, 6) is 0.566. The molecule has 0 saturated heterocycles. The van der Waals surface area contributed by atoms with E-state index in [9.17, 15) is 9.59 Å². The lowest BCUT2D eigenvalue weighted by molar-refractivity contribution is -0.156. The molecule has 1 N–H and O–H groups in total. The van der Waals surface area contributed by atoms with E-state index in [1.807, 2.05) is 72.7 Å². The number of rotatable bonds is 19. The highest BCUT2D eigenvalue weighted by atomic mass is 16.6. The van der Waals surface area contributed by atoms with Crippen LogP contribution in [0.3, 0.4) is 0 Å². The Labute approximate surface area is 235 Å². The molecule has 0 radical (unpaired) electrons. The first-order valence-corrected chi connectivity index (χ1v) is 14.0. The largest absolute Gasteiger partial charge is 0.494 e. The minimum Gasteiger partial charge on any atom is -0.494 e. The van der Waals surface area contributed by atoms with E-state index in [4.69, 9.17) is 28.4 Å². The van der Waals surface area contributed by atoms with Gasteiger partial charge in [-0.2, -0.15) is 0 Å². The molecule has 39 heavy (non-hydrogen) atoms. The highest BCUT2D eigenvalue weighted by molar-refractivity contribution is 5.70. The van der Waals surface area contributed by atoms with Crippen LogP contribution in [0.2, 0.25) is 0 Å². The highest BCUT2D eigenvalue weighted by Crippen LogP contribution is 2.19. The molecule has 1 aromatic rings. The predicted molar refractivity (Wildman–Crippen MR) is 151 cm³/mol. The highest BCUT2D eigenvalue weighted by Gasteiger charge is 2.18. The molecule has 0 unspecified atom stereocenters. The number of unbranched alkanes of at least 4 members (excludes halogenated alkanes) is 3. The van der Waals surface area contributed by atoms with Gasteiger partial charge in [-0.05, 0) is 85.4 Å². The van der Waals surface area contributed by atoms with E-state index >= 15 is 0 Å². The maximum Gasteiger partial charge on any atom is 0.408 e. The Balaban J connectivity index is 1.94. The molecule has 9 heteroatoms. The van der Waals surface area contributed by atoms with Crippen LogP contribution in [0.5, 0.6) is 5.75 Å². The van der Waals surface area contributed by atoms with Gasteiger partial charge in [0.15, 0.2) is 0 Å². The lowest BCUT2D eigenvalue weighted by atomic mass is 10.1. The first kappa shape index (κ1) is 34.7. The smallest absolute Gasteiger partial charge is 0.408 e. The van der Waals surface area contributed by atoms with Gasteiger partial charge in [0.05, 0.1) is 52.1 Å². The van der Waals surface area contributed by atoms with Gasteiger partial charge in [0.1, 0.15) is 17.0 Å². The summed E-state index contributed by atoms with van der Waals surface area (Å²) in [4.78, 5) is 23.5. The van der Waals surface area contributed by atoms with Gasteiger partial charge in [0.25, 0.3) is 0 Å². The molecule has 0 aliphatic carbocycles. The first-order chi connectivity index (χ1) is 18.4. The third-order valence-corrected chi connectivity index (χ3v) is 5.18. The van der Waals surface area contributed by atoms with Crippen LogP contribution in [0, 0.1) is 0 Å². The fourth-order valence-corrected chi connectivity index (χ4v) is 3.36. The maximum atomic E-state index is 11.9. The average Bonchev–Trinajstić information content (AvgIpc) is 2.81. The van der Waals surface area contributed by atoms with Crippen molar-refractivity contribution in [3.8, 4) is 5.75 Å². The van der Waals surface area contributed by atoms with Gasteiger partial charge in [-0.25, -0.2) is 4.79 Å². The quantitative estimate of drug-likeness (QED) is 0.165. The minimum absolute atomic E-state index is 0.154. The summed E-state index contributed by atoms with van der Waals surface area (Å²) < 4.78 is 32.8. The molecule has 0 fully saturated rings. The Morgan fingerprint density at radius 3 is 1.77 bits per heavy atom. The number of hydrogen-bond donors (Lipinski definition) is 1. The van der Waals surface area contributed by atoms with E-state index in [0.29, 0.717) is 46.2 Å². The average molecular weight is 554 g/mol. The second-order valence-electron chi connectivity index (χ2n) is 11.4. The van der Waals surface area contributed by atoms with E-state index in [2.05, 4.69) is 5.32 Å². The third-order valence-electron chi connectivity index (χ3n) is 5.18. The van der Waals surface area contributed by atoms with Crippen molar-refractivity contribution in [3.63, 3.8) is 0 Å². The molecular formula is C30H51NO8. The molecule has 0 aromatic heterocycles. The monoisotopic (exact) mass is 553 g/mol. The van der Waals surface area contributed by atoms with Crippen molar-refractivity contribution >= 4 is 12.1 Å². The van der Waals surface area contributed by atoms with Crippen LogP contribution in [0.25, 0.3) is 0 Å². The van der Waals surface area contributed by atoms with Crippen molar-refractivity contribution in [1.82, 2.24) is 5.32 Å². The van der Waals surface area contributed by atoms with Crippen molar-refractivity contribution < 1.29 is 38.0 Å². The Hall–Kier alpha value is -2.36. The maximum absolute atomic E-state index is 11.9. The Bertz CT molecular complexity index is 799. The zero-order chi connectivity index (χ0) is 29.2. The van der Waals surface area contributed by atoms with E-state index in [1.54, 1.807) is 0 Å². The number of esters is 1. The SMILES string of the molecule is C[C@@H](NC(=O)OC(C)(C)C)c1ccc(OCCCCCCOCCOCCOCCC(=O)OC(C)(C)C)cc1. The van der Waals surface area contributed by atoms with Gasteiger partial charge in [0.2, 0.25) is 0 Å². The van der Waals surface area contributed by atoms with Crippen molar-refractivity contribution in [2.45, 2.75) is 97.8 Å². The van der Waals surface area contributed by atoms with Gasteiger partial charge in [-0.3, -0.25) is 4.79 Å². The van der Waals surface area contributed by atoms with Crippen LogP contribution >= 0.6 is 0 Å². The third kappa shape index (κ3) is 20.2. The number of alkyl carbamates (subject to hydrolysis) is 1. The van der Waals surface area contributed by atoms with Crippen LogP contribution in [0.15, 0.2) is 24.3 Å². The topological polar surface area (TPSA) is 102 Å². The summed E-state index contributed by atoms with van der Waals surface area (Å²) in [5.41, 5.74) is 0.00357. The molecule has 0 spiro atoms. The number of hydrogen-bond acceptors (Lipinski definition) is 8. The molecule has 0 heterocycles. The summed E-state index contributed by atoms with van der Waals surface area (Å²) in [6.07, 6.45) is 3.97. The van der Waals surface area contributed by atoms with Gasteiger partial charge in [0, 0.05) is 6.61 Å². The van der Waals surface area contributed by atoms with E-state index in [0.717, 1.165) is 37.0 Å². The molecule has 9 nitrogen and oxygen atoms in total. The summed E-state index contributed by atoms with van der Waals surface area (Å²) >= 11 is 0. The van der Waals surface area contributed by atoms with E-state index in [-0.39, 0.29) is 18.4 Å². The summed E-state index contributed by atoms with van der Waals surface area (Å²) in [6, 6.07) is 7.61. The van der Waals surface area contributed by atoms with E-state index < -0.39 is 17.3 Å². The molecule has 1 aromatic carbocycles. The fourth-order valence-electron chi connectivity index (χ4n) is 3.36. The van der Waals surface area contributed by atoms with Crippen LogP contribution < -0.4 is 10.1 Å². The van der Waals surface area contributed by atoms with Crippen molar-refractivity contribution in [2.24, 2.45) is 0 Å². The second-order valence-corrected chi connectivity index (χ2v) is 11.4. The fraction of sp³-hybridized carbons (Fsp3) is 0.733. The number of amides is 1. The Morgan fingerprint density at radius 2 is 1.21 bits per heavy atom. The molecular weight excluding hydrogens is 502 g/mol. The molecule has 0 saturated carbocycles. The Kier molecular flexibility index (Phi) is 16.7. The summed E-state index contributed by atoms with van der Waals surface area (Å²) in [7, 11) is 0. The molecule has 0 aliphatic heterocycles. The predicted octanol–water partition coefficient (Wildman–Crippen LogP) is 5.99. The number of carbonyl (C=O) groups is 2. The van der Waals surface area contributed by atoms with Gasteiger partial charge in [-0.1, -0.05) is 18.6 Å². The van der Waals surface area contributed by atoms with Gasteiger partial charge < -0.3 is 33.7 Å². The zero-order valence-electron chi connectivity index (χ0n) is 25.1. The van der Waals surface area contributed by atoms with Crippen LogP contribution in [-0.4, -0.2) is 69.5 Å². The van der Waals surface area contributed by atoms with Crippen molar-refractivity contribution in [1.29, 1.82) is 0 Å². The van der Waals surface area contributed by atoms with Gasteiger partial charge in [-0.15, -0.1) is 0 Å². The molecule has 1 rings (SSSR count). The minimum atomic E-state index is -0.520. The standard InChI is InChI=1S/C30H51NO8/c1-24(31-28(33)39-30(5,6)7)25-12-14-26(15-13-25)37-18-11-9-8-10-17-34-20-22-36-23-21-35-19-16-27(32)38-29(2,3)4/h12-15,24H,8-11,16-23H2,1-7H3,(H,31,33)/t24-/m1/s1. The zero-order valence-corrected chi connectivity index (χ0v) is 25.1. The van der Waals surface area contributed by atoms with Crippen LogP contribution in [0.1, 0.15) is 92.2 Å². The first-order valence-electron chi connectivity index (χ1n) is 14.0. The van der Waals surface area contributed by atoms with Gasteiger partial charge >= 0.3 is 12.1 Å². The normalized spacial score (nSPS) is 12.6. The Morgan fingerprint density at radius 1 is 0.692 bits per heavy atom. The van der Waals surface area contributed by atoms with Crippen LogP contribution in [-0.2, 0) is 28.5 Å². The molecule has 0 aliphatic rings. The molecule has 1 amide bonds. The van der Waals surface area contributed by atoms with Crippen molar-refractivity contribution in [3.05, 3.63) is 29.8 Å². The lowest BCUT2D eigenvalue weighted by Crippen LogP contribution is -2.34. The number of nitrogens with one attached hydrogen (secondary N) is 1. The number of benzene rings is 1. The number of carbonyl (C=O) groups excluding carboxylic acids is 2. The van der Waals surface area contributed by atoms with Crippen LogP contribution in [0.4, 0.5) is 4.79 Å². The summed E-state index contributed by atoms with van der Waals surface area (Å²) in [6.45, 7) is 16.7. The lowest BCUT2D eigenvalue weighted by Gasteiger charge is -2.22. The molecule has 1 atom stereocenters. The second kappa shape index (κ2) is 18.8. The molecule has 0 bridgehead atoms. The summed E-state index contributed by atoms with van der Waals surface area (Å²) in [5, 5.41) is 2.84. The number of ether oxygens (including phenoxy) is 6.